The molecule has 0 fully saturated rings. The maximum atomic E-state index is 5.49. The highest BCUT2D eigenvalue weighted by Gasteiger charge is 2.12. The van der Waals surface area contributed by atoms with E-state index in [0.29, 0.717) is 6.04 Å². The lowest BCUT2D eigenvalue weighted by molar-refractivity contribution is 0.263. The molecule has 1 aromatic heterocycles. The fraction of sp³-hybridized carbons (Fsp3) is 0.600. The molecule has 2 nitrogen and oxygen atoms in total. The van der Waals surface area contributed by atoms with Crippen molar-refractivity contribution in [2.45, 2.75) is 19.4 Å². The van der Waals surface area contributed by atoms with Crippen LogP contribution < -0.4 is 5.73 Å². The van der Waals surface area contributed by atoms with Crippen LogP contribution in [0.1, 0.15) is 24.3 Å². The Morgan fingerprint density at radius 3 is 2.79 bits per heavy atom. The van der Waals surface area contributed by atoms with Crippen LogP contribution in [0.2, 0.25) is 0 Å². The molecule has 0 bridgehead atoms. The molecule has 14 heavy (non-hydrogen) atoms. The third kappa shape index (κ3) is 3.35. The normalized spacial score (nSPS) is 13.5. The average molecular weight is 277 g/mol. The lowest BCUT2D eigenvalue weighted by atomic mass is 10.2. The van der Waals surface area contributed by atoms with Crippen LogP contribution in [-0.4, -0.2) is 25.0 Å². The first kappa shape index (κ1) is 12.2. The number of hydrogen-bond acceptors (Lipinski definition) is 3. The SMILES string of the molecule is CC(c1ccc(Br)s1)N(C)CCCN. The van der Waals surface area contributed by atoms with Crippen LogP contribution >= 0.6 is 27.3 Å². The molecule has 0 saturated heterocycles. The third-order valence-electron chi connectivity index (χ3n) is 2.38. The van der Waals surface area contributed by atoms with E-state index in [1.807, 2.05) is 0 Å². The largest absolute Gasteiger partial charge is 0.330 e. The third-order valence-corrected chi connectivity index (χ3v) is 4.18. The molecule has 0 aromatic carbocycles. The smallest absolute Gasteiger partial charge is 0.0701 e. The van der Waals surface area contributed by atoms with E-state index in [4.69, 9.17) is 5.73 Å². The standard InChI is InChI=1S/C10H17BrN2S/c1-8(13(2)7-3-6-12)9-4-5-10(11)14-9/h4-5,8H,3,6-7,12H2,1-2H3. The van der Waals surface area contributed by atoms with Gasteiger partial charge in [-0.3, -0.25) is 4.90 Å². The van der Waals surface area contributed by atoms with E-state index in [9.17, 15) is 0 Å². The van der Waals surface area contributed by atoms with E-state index < -0.39 is 0 Å². The van der Waals surface area contributed by atoms with Crippen LogP contribution in [-0.2, 0) is 0 Å². The molecule has 0 amide bonds. The van der Waals surface area contributed by atoms with Crippen molar-refractivity contribution >= 4 is 27.3 Å². The Morgan fingerprint density at radius 1 is 1.57 bits per heavy atom. The molecular formula is C10H17BrN2S. The maximum Gasteiger partial charge on any atom is 0.0701 e. The predicted molar refractivity (Wildman–Crippen MR) is 66.7 cm³/mol. The molecule has 0 saturated carbocycles. The van der Waals surface area contributed by atoms with Crippen LogP contribution in [0.4, 0.5) is 0 Å². The first-order valence-electron chi connectivity index (χ1n) is 4.80. The molecule has 0 radical (unpaired) electrons. The van der Waals surface area contributed by atoms with E-state index in [0.717, 1.165) is 19.5 Å². The minimum atomic E-state index is 0.484. The van der Waals surface area contributed by atoms with Crippen molar-refractivity contribution in [2.75, 3.05) is 20.1 Å². The molecule has 4 heteroatoms. The van der Waals surface area contributed by atoms with Crippen LogP contribution in [0, 0.1) is 0 Å². The highest BCUT2D eigenvalue weighted by molar-refractivity contribution is 9.11. The zero-order valence-electron chi connectivity index (χ0n) is 8.66. The predicted octanol–water partition coefficient (Wildman–Crippen LogP) is 2.85. The Kier molecular flexibility index (Phi) is 5.09. The molecule has 1 rings (SSSR count). The van der Waals surface area contributed by atoms with Gasteiger partial charge in [-0.25, -0.2) is 0 Å². The van der Waals surface area contributed by atoms with Crippen LogP contribution in [0.3, 0.4) is 0 Å². The van der Waals surface area contributed by atoms with Gasteiger partial charge in [0.1, 0.15) is 0 Å². The van der Waals surface area contributed by atoms with Gasteiger partial charge in [-0.05, 0) is 61.5 Å². The second kappa shape index (κ2) is 5.85. The molecule has 1 heterocycles. The zero-order valence-corrected chi connectivity index (χ0v) is 11.1. The summed E-state index contributed by atoms with van der Waals surface area (Å²) in [5, 5.41) is 0. The average Bonchev–Trinajstić information content (AvgIpc) is 2.60. The minimum Gasteiger partial charge on any atom is -0.330 e. The number of hydrogen-bond donors (Lipinski definition) is 1. The second-order valence-electron chi connectivity index (χ2n) is 3.44. The fourth-order valence-corrected chi connectivity index (χ4v) is 2.85. The molecule has 0 aliphatic carbocycles. The first-order chi connectivity index (χ1) is 6.65. The highest BCUT2D eigenvalue weighted by atomic mass is 79.9. The first-order valence-corrected chi connectivity index (χ1v) is 6.41. The van der Waals surface area contributed by atoms with Gasteiger partial charge in [-0.15, -0.1) is 11.3 Å². The summed E-state index contributed by atoms with van der Waals surface area (Å²) in [4.78, 5) is 3.74. The highest BCUT2D eigenvalue weighted by Crippen LogP contribution is 2.29. The van der Waals surface area contributed by atoms with Crippen LogP contribution in [0.25, 0.3) is 0 Å². The minimum absolute atomic E-state index is 0.484. The summed E-state index contributed by atoms with van der Waals surface area (Å²) in [7, 11) is 2.15. The summed E-state index contributed by atoms with van der Waals surface area (Å²) < 4.78 is 1.20. The van der Waals surface area contributed by atoms with E-state index in [1.165, 1.54) is 8.66 Å². The molecule has 80 valence electrons. The van der Waals surface area contributed by atoms with Gasteiger partial charge in [-0.1, -0.05) is 0 Å². The van der Waals surface area contributed by atoms with E-state index in [1.54, 1.807) is 11.3 Å². The Balaban J connectivity index is 2.51. The number of halogens is 1. The van der Waals surface area contributed by atoms with Crippen molar-refractivity contribution in [1.29, 1.82) is 0 Å². The molecule has 1 aromatic rings. The second-order valence-corrected chi connectivity index (χ2v) is 5.94. The molecule has 0 aliphatic rings. The van der Waals surface area contributed by atoms with Gasteiger partial charge in [0.25, 0.3) is 0 Å². The number of thiophene rings is 1. The van der Waals surface area contributed by atoms with Gasteiger partial charge >= 0.3 is 0 Å². The van der Waals surface area contributed by atoms with Crippen molar-refractivity contribution in [2.24, 2.45) is 5.73 Å². The molecular weight excluding hydrogens is 260 g/mol. The van der Waals surface area contributed by atoms with Crippen LogP contribution in [0.15, 0.2) is 15.9 Å². The summed E-state index contributed by atoms with van der Waals surface area (Å²) in [5.41, 5.74) is 5.49. The molecule has 2 N–H and O–H groups in total. The Hall–Kier alpha value is 0.1000. The van der Waals surface area contributed by atoms with Gasteiger partial charge in [-0.2, -0.15) is 0 Å². The molecule has 1 unspecified atom stereocenters. The van der Waals surface area contributed by atoms with Gasteiger partial charge in [0.15, 0.2) is 0 Å². The van der Waals surface area contributed by atoms with E-state index in [2.05, 4.69) is 46.9 Å². The lowest BCUT2D eigenvalue weighted by Gasteiger charge is -2.23. The molecule has 0 aliphatic heterocycles. The van der Waals surface area contributed by atoms with Gasteiger partial charge < -0.3 is 5.73 Å². The van der Waals surface area contributed by atoms with Crippen molar-refractivity contribution in [1.82, 2.24) is 4.90 Å². The topological polar surface area (TPSA) is 29.3 Å². The van der Waals surface area contributed by atoms with Gasteiger partial charge in [0.2, 0.25) is 0 Å². The monoisotopic (exact) mass is 276 g/mol. The van der Waals surface area contributed by atoms with Crippen molar-refractivity contribution in [3.8, 4) is 0 Å². The lowest BCUT2D eigenvalue weighted by Crippen LogP contribution is -2.24. The summed E-state index contributed by atoms with van der Waals surface area (Å²) in [6.07, 6.45) is 1.06. The summed E-state index contributed by atoms with van der Waals surface area (Å²) in [6, 6.07) is 4.77. The van der Waals surface area contributed by atoms with Crippen molar-refractivity contribution < 1.29 is 0 Å². The quantitative estimate of drug-likeness (QED) is 0.896. The zero-order chi connectivity index (χ0) is 10.6. The number of nitrogens with two attached hydrogens (primary N) is 1. The number of rotatable bonds is 5. The van der Waals surface area contributed by atoms with Gasteiger partial charge in [0, 0.05) is 10.9 Å². The Labute approximate surface area is 98.2 Å². The fourth-order valence-electron chi connectivity index (χ4n) is 1.30. The Morgan fingerprint density at radius 2 is 2.29 bits per heavy atom. The summed E-state index contributed by atoms with van der Waals surface area (Å²) in [6.45, 7) is 4.06. The Bertz CT molecular complexity index is 275. The van der Waals surface area contributed by atoms with E-state index in [-0.39, 0.29) is 0 Å². The van der Waals surface area contributed by atoms with E-state index >= 15 is 0 Å². The van der Waals surface area contributed by atoms with Crippen molar-refractivity contribution in [3.63, 3.8) is 0 Å². The summed E-state index contributed by atoms with van der Waals surface area (Å²) >= 11 is 5.28. The summed E-state index contributed by atoms with van der Waals surface area (Å²) in [5.74, 6) is 0. The van der Waals surface area contributed by atoms with Gasteiger partial charge in [0.05, 0.1) is 3.79 Å². The maximum absolute atomic E-state index is 5.49. The molecule has 0 spiro atoms. The van der Waals surface area contributed by atoms with Crippen LogP contribution in [0.5, 0.6) is 0 Å². The van der Waals surface area contributed by atoms with Crippen molar-refractivity contribution in [3.05, 3.63) is 20.8 Å². The molecule has 1 atom stereocenters. The number of nitrogens with zero attached hydrogens (tertiary/aromatic N) is 1.